The molecular weight excluding hydrogens is 893 g/mol. The minimum absolute atomic E-state index is 0.000534. The summed E-state index contributed by atoms with van der Waals surface area (Å²) in [4.78, 5) is 2.48. The molecule has 1 aromatic heterocycles. The summed E-state index contributed by atoms with van der Waals surface area (Å²) in [5.74, 6) is 0. The fourth-order valence-corrected chi connectivity index (χ4v) is 11.6. The van der Waals surface area contributed by atoms with Gasteiger partial charge in [-0.15, -0.1) is 0 Å². The van der Waals surface area contributed by atoms with Crippen molar-refractivity contribution in [1.82, 2.24) is 4.57 Å². The number of hydrogen-bond acceptors (Lipinski definition) is 1. The van der Waals surface area contributed by atoms with Crippen molar-refractivity contribution in [2.24, 2.45) is 0 Å². The van der Waals surface area contributed by atoms with Crippen LogP contribution in [0, 0.1) is 0 Å². The van der Waals surface area contributed by atoms with Gasteiger partial charge in [0.15, 0.2) is 0 Å². The first kappa shape index (κ1) is 45.2. The van der Waals surface area contributed by atoms with Gasteiger partial charge < -0.3 is 9.47 Å². The van der Waals surface area contributed by atoms with Crippen molar-refractivity contribution in [3.63, 3.8) is 0 Å². The third-order valence-electron chi connectivity index (χ3n) is 15.5. The Morgan fingerprint density at radius 2 is 0.811 bits per heavy atom. The molecule has 2 nitrogen and oxygen atoms in total. The molecular formula is C72H58N2. The molecule has 1 heterocycles. The Kier molecular flexibility index (Phi) is 10.7. The van der Waals surface area contributed by atoms with Gasteiger partial charge >= 0.3 is 0 Å². The van der Waals surface area contributed by atoms with E-state index in [-0.39, 0.29) is 10.8 Å². The average molecular weight is 951 g/mol. The van der Waals surface area contributed by atoms with Crippen LogP contribution >= 0.6 is 0 Å². The van der Waals surface area contributed by atoms with Gasteiger partial charge in [-0.2, -0.15) is 0 Å². The van der Waals surface area contributed by atoms with Crippen LogP contribution in [0.3, 0.4) is 0 Å². The fraction of sp³-hybridized carbons (Fsp3) is 0.111. The van der Waals surface area contributed by atoms with Crippen LogP contribution < -0.4 is 4.90 Å². The molecule has 12 aromatic carbocycles. The molecule has 0 saturated heterocycles. The zero-order valence-corrected chi connectivity index (χ0v) is 43.0. The highest BCUT2D eigenvalue weighted by atomic mass is 15.1. The molecule has 0 aliphatic heterocycles. The van der Waals surface area contributed by atoms with E-state index in [4.69, 9.17) is 0 Å². The zero-order valence-electron chi connectivity index (χ0n) is 43.0. The average Bonchev–Trinajstić information content (AvgIpc) is 3.77. The smallest absolute Gasteiger partial charge is 0.0541 e. The van der Waals surface area contributed by atoms with E-state index >= 15 is 0 Å². The molecule has 0 amide bonds. The van der Waals surface area contributed by atoms with Crippen LogP contribution in [-0.4, -0.2) is 4.57 Å². The lowest BCUT2D eigenvalue weighted by Crippen LogP contribution is -2.11. The lowest BCUT2D eigenvalue weighted by atomic mass is 9.83. The molecule has 13 rings (SSSR count). The van der Waals surface area contributed by atoms with E-state index in [1.807, 2.05) is 0 Å². The van der Waals surface area contributed by atoms with Crippen molar-refractivity contribution in [1.29, 1.82) is 0 Å². The molecule has 74 heavy (non-hydrogen) atoms. The van der Waals surface area contributed by atoms with E-state index in [0.29, 0.717) is 0 Å². The topological polar surface area (TPSA) is 8.17 Å². The molecule has 0 saturated carbocycles. The third kappa shape index (κ3) is 7.64. The number of benzene rings is 12. The molecule has 0 aliphatic rings. The van der Waals surface area contributed by atoms with Crippen LogP contribution in [0.1, 0.15) is 52.7 Å². The number of hydrogen-bond donors (Lipinski definition) is 0. The summed E-state index contributed by atoms with van der Waals surface area (Å²) >= 11 is 0. The Hall–Kier alpha value is -8.72. The van der Waals surface area contributed by atoms with E-state index in [9.17, 15) is 0 Å². The van der Waals surface area contributed by atoms with Crippen molar-refractivity contribution in [2.75, 3.05) is 4.90 Å². The second-order valence-corrected chi connectivity index (χ2v) is 22.1. The molecule has 0 spiro atoms. The maximum absolute atomic E-state index is 2.48. The predicted molar refractivity (Wildman–Crippen MR) is 318 cm³/mol. The molecule has 0 atom stereocenters. The van der Waals surface area contributed by atoms with Crippen LogP contribution in [0.15, 0.2) is 243 Å². The van der Waals surface area contributed by atoms with E-state index in [1.165, 1.54) is 115 Å². The van der Waals surface area contributed by atoms with Crippen molar-refractivity contribution in [3.8, 4) is 50.2 Å². The zero-order chi connectivity index (χ0) is 50.3. The maximum atomic E-state index is 2.48. The molecule has 13 aromatic rings. The van der Waals surface area contributed by atoms with Crippen molar-refractivity contribution < 1.29 is 0 Å². The lowest BCUT2D eigenvalue weighted by molar-refractivity contribution is 0.590. The minimum Gasteiger partial charge on any atom is -0.310 e. The normalized spacial score (nSPS) is 12.2. The summed E-state index contributed by atoms with van der Waals surface area (Å²) in [5, 5.41) is 9.98. The van der Waals surface area contributed by atoms with Crippen LogP contribution in [0.2, 0.25) is 0 Å². The highest BCUT2D eigenvalue weighted by Gasteiger charge is 2.23. The molecule has 356 valence electrons. The lowest BCUT2D eigenvalue weighted by Gasteiger charge is -2.29. The number of aromatic nitrogens is 1. The highest BCUT2D eigenvalue weighted by Crippen LogP contribution is 2.48. The summed E-state index contributed by atoms with van der Waals surface area (Å²) in [6.45, 7) is 13.7. The molecule has 0 radical (unpaired) electrons. The van der Waals surface area contributed by atoms with E-state index in [1.54, 1.807) is 0 Å². The van der Waals surface area contributed by atoms with Gasteiger partial charge in [-0.25, -0.2) is 0 Å². The number of fused-ring (bicyclic) bond motifs is 3. The van der Waals surface area contributed by atoms with Crippen LogP contribution in [-0.2, 0) is 10.8 Å². The molecule has 0 unspecified atom stereocenters. The second kappa shape index (κ2) is 17.5. The van der Waals surface area contributed by atoms with Gasteiger partial charge in [-0.05, 0) is 137 Å². The number of nitrogens with zero attached hydrogens (tertiary/aromatic N) is 2. The first-order valence-electron chi connectivity index (χ1n) is 26.1. The number of rotatable bonds is 8. The van der Waals surface area contributed by atoms with Gasteiger partial charge in [0, 0.05) is 32.9 Å². The SMILES string of the molecule is CC(C)(C)c1ccc(-c2ccccc2-c2cccc(N(c3ccc(-c4cc(C(C)(C)C)ccc4-c4ccccc4)cc3)c3ccc4ccc5c(-n6c7ccccc7c7ccccc76)ccc6ccc3c4c65)c2)cc1. The Bertz CT molecular complexity index is 4180. The fourth-order valence-electron chi connectivity index (χ4n) is 11.6. The second-order valence-electron chi connectivity index (χ2n) is 22.1. The Morgan fingerprint density at radius 1 is 0.311 bits per heavy atom. The van der Waals surface area contributed by atoms with Crippen LogP contribution in [0.5, 0.6) is 0 Å². The van der Waals surface area contributed by atoms with Gasteiger partial charge in [-0.3, -0.25) is 0 Å². The first-order valence-corrected chi connectivity index (χ1v) is 26.1. The molecule has 2 heteroatoms. The molecule has 0 N–H and O–H groups in total. The standard InChI is InChI=1S/C72H58N2/c1-71(2,3)53-35-27-48(28-36-53)57-21-10-11-22-58(57)52-19-16-20-56(45-52)73(55-38-29-49(30-39-55)64-46-54(72(4,5)6)37-42-59(64)47-17-8-7-9-18-47)67-43-33-50-32-41-63-68(44-34-51-31-40-62(67)69(50)70(51)63)74-65-25-14-12-23-60(65)61-24-13-15-26-66(61)74/h7-46H,1-6H3. The van der Waals surface area contributed by atoms with Crippen LogP contribution in [0.25, 0.3) is 104 Å². The molecule has 0 bridgehead atoms. The van der Waals surface area contributed by atoms with Gasteiger partial charge in [0.1, 0.15) is 0 Å². The third-order valence-corrected chi connectivity index (χ3v) is 15.5. The van der Waals surface area contributed by atoms with Crippen molar-refractivity contribution in [2.45, 2.75) is 52.4 Å². The van der Waals surface area contributed by atoms with E-state index in [2.05, 4.69) is 294 Å². The van der Waals surface area contributed by atoms with Gasteiger partial charge in [0.05, 0.1) is 22.4 Å². The summed E-state index contributed by atoms with van der Waals surface area (Å²) in [6.07, 6.45) is 0. The first-order chi connectivity index (χ1) is 36.0. The number of anilines is 3. The van der Waals surface area contributed by atoms with E-state index < -0.39 is 0 Å². The summed E-state index contributed by atoms with van der Waals surface area (Å²) in [7, 11) is 0. The van der Waals surface area contributed by atoms with Gasteiger partial charge in [0.2, 0.25) is 0 Å². The van der Waals surface area contributed by atoms with E-state index in [0.717, 1.165) is 17.1 Å². The van der Waals surface area contributed by atoms with Crippen LogP contribution in [0.4, 0.5) is 17.1 Å². The van der Waals surface area contributed by atoms with Crippen molar-refractivity contribution in [3.05, 3.63) is 254 Å². The summed E-state index contributed by atoms with van der Waals surface area (Å²) in [5.41, 5.74) is 19.3. The highest BCUT2D eigenvalue weighted by molar-refractivity contribution is 6.27. The Balaban J connectivity index is 1.01. The summed E-state index contributed by atoms with van der Waals surface area (Å²) < 4.78 is 2.47. The monoisotopic (exact) mass is 950 g/mol. The quantitative estimate of drug-likeness (QED) is 0.138. The largest absolute Gasteiger partial charge is 0.310 e. The molecule has 0 fully saturated rings. The van der Waals surface area contributed by atoms with Gasteiger partial charge in [0.25, 0.3) is 0 Å². The van der Waals surface area contributed by atoms with Crippen molar-refractivity contribution >= 4 is 71.2 Å². The Morgan fingerprint density at radius 3 is 1.49 bits per heavy atom. The predicted octanol–water partition coefficient (Wildman–Crippen LogP) is 20.4. The minimum atomic E-state index is -0.000534. The molecule has 0 aliphatic carbocycles. The maximum Gasteiger partial charge on any atom is 0.0541 e. The van der Waals surface area contributed by atoms with Gasteiger partial charge in [-0.1, -0.05) is 236 Å². The number of para-hydroxylation sites is 2. The summed E-state index contributed by atoms with van der Waals surface area (Å²) in [6, 6.07) is 90.5. The Labute approximate surface area is 434 Å².